The monoisotopic (exact) mass is 418 g/mol. The van der Waals surface area contributed by atoms with Crippen molar-refractivity contribution in [3.63, 3.8) is 0 Å². The number of anilines is 2. The summed E-state index contributed by atoms with van der Waals surface area (Å²) in [6.07, 6.45) is 5.03. The van der Waals surface area contributed by atoms with E-state index in [4.69, 9.17) is 5.73 Å². The Kier molecular flexibility index (Phi) is 5.29. The smallest absolute Gasteiger partial charge is 0.270 e. The van der Waals surface area contributed by atoms with Crippen LogP contribution in [0, 0.1) is 12.7 Å². The average molecular weight is 418 g/mol. The van der Waals surface area contributed by atoms with Crippen molar-refractivity contribution < 1.29 is 9.18 Å². The van der Waals surface area contributed by atoms with E-state index in [0.717, 1.165) is 16.8 Å². The highest BCUT2D eigenvalue weighted by atomic mass is 32.1. The van der Waals surface area contributed by atoms with Crippen LogP contribution >= 0.6 is 11.3 Å². The third kappa shape index (κ3) is 3.55. The largest absolute Gasteiger partial charge is 0.397 e. The summed E-state index contributed by atoms with van der Waals surface area (Å²) in [5, 5.41) is 0.713. The molecular weight excluding hydrogens is 399 g/mol. The second kappa shape index (κ2) is 8.04. The van der Waals surface area contributed by atoms with Crippen LogP contribution in [0.15, 0.2) is 67.5 Å². The van der Waals surface area contributed by atoms with Crippen LogP contribution in [0.2, 0.25) is 0 Å². The van der Waals surface area contributed by atoms with Crippen molar-refractivity contribution in [3.05, 3.63) is 83.8 Å². The van der Waals surface area contributed by atoms with E-state index >= 15 is 0 Å². The highest BCUT2D eigenvalue weighted by molar-refractivity contribution is 7.21. The Balaban J connectivity index is 1.79. The number of fused-ring (bicyclic) bond motifs is 1. The Bertz CT molecular complexity index is 1250. The number of hydrogen-bond donors (Lipinski definition) is 1. The van der Waals surface area contributed by atoms with Crippen molar-refractivity contribution in [1.82, 2.24) is 9.97 Å². The number of nitrogen functional groups attached to an aromatic ring is 1. The first-order valence-electron chi connectivity index (χ1n) is 9.28. The van der Waals surface area contributed by atoms with Crippen molar-refractivity contribution >= 4 is 38.8 Å². The van der Waals surface area contributed by atoms with Crippen molar-refractivity contribution in [2.45, 2.75) is 6.92 Å². The summed E-state index contributed by atoms with van der Waals surface area (Å²) in [6.45, 7) is 5.79. The highest BCUT2D eigenvalue weighted by Crippen LogP contribution is 2.36. The predicted octanol–water partition coefficient (Wildman–Crippen LogP) is 5.22. The van der Waals surface area contributed by atoms with Crippen LogP contribution in [-0.4, -0.2) is 22.4 Å². The molecule has 3 aromatic heterocycles. The number of thiophene rings is 1. The number of hydrogen-bond acceptors (Lipinski definition) is 5. The lowest BCUT2D eigenvalue weighted by Gasteiger charge is -2.23. The molecule has 0 saturated heterocycles. The Hall–Kier alpha value is -3.58. The molecule has 0 unspecified atom stereocenters. The number of carbonyl (C=O) groups excluding carboxylic acids is 1. The summed E-state index contributed by atoms with van der Waals surface area (Å²) in [5.74, 6) is -0.725. The van der Waals surface area contributed by atoms with Gasteiger partial charge in [0.2, 0.25) is 0 Å². The van der Waals surface area contributed by atoms with Crippen LogP contribution in [0.5, 0.6) is 0 Å². The van der Waals surface area contributed by atoms with Crippen molar-refractivity contribution in [2.24, 2.45) is 0 Å². The van der Waals surface area contributed by atoms with E-state index in [-0.39, 0.29) is 12.5 Å². The molecule has 0 spiro atoms. The van der Waals surface area contributed by atoms with E-state index in [2.05, 4.69) is 16.5 Å². The predicted molar refractivity (Wildman–Crippen MR) is 120 cm³/mol. The maximum atomic E-state index is 13.9. The van der Waals surface area contributed by atoms with Gasteiger partial charge in [0.1, 0.15) is 15.5 Å². The first-order valence-corrected chi connectivity index (χ1v) is 10.1. The molecule has 0 aliphatic rings. The fourth-order valence-corrected chi connectivity index (χ4v) is 4.29. The van der Waals surface area contributed by atoms with Gasteiger partial charge in [-0.3, -0.25) is 9.78 Å². The number of pyridine rings is 2. The number of rotatable bonds is 5. The highest BCUT2D eigenvalue weighted by Gasteiger charge is 2.24. The fraction of sp³-hybridized carbons (Fsp3) is 0.0870. The molecule has 150 valence electrons. The van der Waals surface area contributed by atoms with Crippen LogP contribution in [0.25, 0.3) is 21.5 Å². The number of aromatic nitrogens is 2. The SMILES string of the molecule is C=CCN(C(=O)c1sc2nc(-c3cccnc3)ccc2c1N)c1cc(F)ccc1C. The van der Waals surface area contributed by atoms with E-state index in [1.54, 1.807) is 24.5 Å². The molecule has 2 N–H and O–H groups in total. The summed E-state index contributed by atoms with van der Waals surface area (Å²) in [6, 6.07) is 11.8. The van der Waals surface area contributed by atoms with Crippen LogP contribution in [0.4, 0.5) is 15.8 Å². The van der Waals surface area contributed by atoms with Gasteiger partial charge in [0.15, 0.2) is 0 Å². The summed E-state index contributed by atoms with van der Waals surface area (Å²) < 4.78 is 13.9. The minimum Gasteiger partial charge on any atom is -0.397 e. The van der Waals surface area contributed by atoms with E-state index in [1.807, 2.05) is 31.2 Å². The second-order valence-electron chi connectivity index (χ2n) is 6.77. The Labute approximate surface area is 177 Å². The minimum atomic E-state index is -0.412. The number of nitrogens with zero attached hydrogens (tertiary/aromatic N) is 3. The molecule has 0 saturated carbocycles. The summed E-state index contributed by atoms with van der Waals surface area (Å²) >= 11 is 1.22. The third-order valence-corrected chi connectivity index (χ3v) is 5.87. The van der Waals surface area contributed by atoms with Gasteiger partial charge in [-0.2, -0.15) is 0 Å². The van der Waals surface area contributed by atoms with Gasteiger partial charge in [0.05, 0.1) is 17.1 Å². The summed E-state index contributed by atoms with van der Waals surface area (Å²) in [4.78, 5) is 24.7. The second-order valence-corrected chi connectivity index (χ2v) is 7.77. The molecule has 30 heavy (non-hydrogen) atoms. The van der Waals surface area contributed by atoms with Crippen LogP contribution in [-0.2, 0) is 0 Å². The van der Waals surface area contributed by atoms with Gasteiger partial charge < -0.3 is 10.6 Å². The lowest BCUT2D eigenvalue weighted by Crippen LogP contribution is -2.31. The molecule has 7 heteroatoms. The number of benzene rings is 1. The number of nitrogens with two attached hydrogens (primary N) is 1. The van der Waals surface area contributed by atoms with E-state index in [0.29, 0.717) is 26.5 Å². The van der Waals surface area contributed by atoms with Crippen molar-refractivity contribution in [3.8, 4) is 11.3 Å². The first kappa shape index (κ1) is 19.7. The molecule has 3 heterocycles. The number of halogens is 1. The van der Waals surface area contributed by atoms with Gasteiger partial charge in [0.25, 0.3) is 5.91 Å². The lowest BCUT2D eigenvalue weighted by molar-refractivity contribution is 0.0994. The molecule has 1 aromatic carbocycles. The van der Waals surface area contributed by atoms with Gasteiger partial charge in [-0.15, -0.1) is 17.9 Å². The minimum absolute atomic E-state index is 0.227. The molecule has 0 atom stereocenters. The molecule has 1 amide bonds. The Morgan fingerprint density at radius 1 is 1.30 bits per heavy atom. The zero-order valence-corrected chi connectivity index (χ0v) is 17.1. The van der Waals surface area contributed by atoms with Crippen LogP contribution in [0.3, 0.4) is 0 Å². The molecule has 4 rings (SSSR count). The van der Waals surface area contributed by atoms with Gasteiger partial charge in [-0.05, 0) is 48.9 Å². The van der Waals surface area contributed by atoms with E-state index < -0.39 is 5.82 Å². The van der Waals surface area contributed by atoms with E-state index in [1.165, 1.54) is 28.4 Å². The molecule has 4 aromatic rings. The molecule has 0 fully saturated rings. The molecule has 0 radical (unpaired) electrons. The quantitative estimate of drug-likeness (QED) is 0.451. The maximum absolute atomic E-state index is 13.9. The number of aryl methyl sites for hydroxylation is 1. The van der Waals surface area contributed by atoms with Gasteiger partial charge in [-0.1, -0.05) is 12.1 Å². The zero-order chi connectivity index (χ0) is 21.3. The van der Waals surface area contributed by atoms with Gasteiger partial charge >= 0.3 is 0 Å². The first-order chi connectivity index (χ1) is 14.5. The maximum Gasteiger partial charge on any atom is 0.270 e. The topological polar surface area (TPSA) is 72.1 Å². The van der Waals surface area contributed by atoms with Gasteiger partial charge in [-0.25, -0.2) is 9.37 Å². The number of amides is 1. The van der Waals surface area contributed by atoms with E-state index in [9.17, 15) is 9.18 Å². The van der Waals surface area contributed by atoms with Gasteiger partial charge in [0, 0.05) is 29.9 Å². The summed E-state index contributed by atoms with van der Waals surface area (Å²) in [7, 11) is 0. The van der Waals surface area contributed by atoms with Crippen LogP contribution < -0.4 is 10.6 Å². The average Bonchev–Trinajstić information content (AvgIpc) is 3.10. The molecule has 5 nitrogen and oxygen atoms in total. The Morgan fingerprint density at radius 2 is 2.13 bits per heavy atom. The molecule has 0 bridgehead atoms. The zero-order valence-electron chi connectivity index (χ0n) is 16.3. The van der Waals surface area contributed by atoms with Crippen molar-refractivity contribution in [2.75, 3.05) is 17.2 Å². The Morgan fingerprint density at radius 3 is 2.87 bits per heavy atom. The molecule has 0 aliphatic carbocycles. The normalized spacial score (nSPS) is 10.9. The third-order valence-electron chi connectivity index (χ3n) is 4.76. The molecular formula is C23H19FN4OS. The summed E-state index contributed by atoms with van der Waals surface area (Å²) in [5.41, 5.74) is 9.58. The fourth-order valence-electron chi connectivity index (χ4n) is 3.25. The standard InChI is InChI=1S/C23H19FN4OS/c1-3-11-28(19-12-16(24)7-6-14(19)2)23(29)21-20(25)17-8-9-18(27-22(17)30-21)15-5-4-10-26-13-15/h3-10,12-13H,1,11,25H2,2H3. The van der Waals surface area contributed by atoms with Crippen LogP contribution in [0.1, 0.15) is 15.2 Å². The molecule has 0 aliphatic heterocycles. The number of carbonyl (C=O) groups is 1. The lowest BCUT2D eigenvalue weighted by atomic mass is 10.1. The van der Waals surface area contributed by atoms with Crippen molar-refractivity contribution in [1.29, 1.82) is 0 Å².